The molecule has 0 bridgehead atoms. The van der Waals surface area contributed by atoms with Gasteiger partial charge in [-0.05, 0) is 50.4 Å². The molecule has 0 spiro atoms. The van der Waals surface area contributed by atoms with Gasteiger partial charge >= 0.3 is 0 Å². The largest absolute Gasteiger partial charge is 0.356 e. The van der Waals surface area contributed by atoms with Gasteiger partial charge in [-0.25, -0.2) is 4.39 Å². The van der Waals surface area contributed by atoms with Crippen molar-refractivity contribution in [3.63, 3.8) is 0 Å². The molecule has 1 aromatic rings. The number of nitrogens with zero attached hydrogens (tertiary/aromatic N) is 2. The molecule has 136 valence electrons. The number of hydrogen-bond donors (Lipinski definition) is 2. The molecule has 0 radical (unpaired) electrons. The number of piperidine rings is 1. The Morgan fingerprint density at radius 3 is 2.67 bits per heavy atom. The first-order chi connectivity index (χ1) is 11.2. The van der Waals surface area contributed by atoms with E-state index in [1.807, 2.05) is 0 Å². The van der Waals surface area contributed by atoms with Crippen molar-refractivity contribution in [1.29, 1.82) is 0 Å². The van der Waals surface area contributed by atoms with Crippen LogP contribution in [-0.4, -0.2) is 43.6 Å². The summed E-state index contributed by atoms with van der Waals surface area (Å²) in [7, 11) is 1.77. The zero-order valence-electron chi connectivity index (χ0n) is 14.7. The minimum Gasteiger partial charge on any atom is -0.356 e. The smallest absolute Gasteiger partial charge is 0.191 e. The molecule has 1 saturated heterocycles. The number of halogens is 2. The molecule has 1 aliphatic heterocycles. The Labute approximate surface area is 162 Å². The summed E-state index contributed by atoms with van der Waals surface area (Å²) in [5.41, 5.74) is 1.04. The van der Waals surface area contributed by atoms with Crippen molar-refractivity contribution >= 4 is 29.9 Å². The van der Waals surface area contributed by atoms with Gasteiger partial charge in [0, 0.05) is 32.7 Å². The van der Waals surface area contributed by atoms with Crippen LogP contribution in [0.2, 0.25) is 0 Å². The zero-order chi connectivity index (χ0) is 16.5. The monoisotopic (exact) mass is 448 g/mol. The Bertz CT molecular complexity index is 492. The van der Waals surface area contributed by atoms with Gasteiger partial charge in [-0.3, -0.25) is 4.99 Å². The molecule has 1 heterocycles. The molecule has 0 amide bonds. The van der Waals surface area contributed by atoms with Crippen molar-refractivity contribution in [3.8, 4) is 0 Å². The topological polar surface area (TPSA) is 39.7 Å². The van der Waals surface area contributed by atoms with E-state index in [-0.39, 0.29) is 29.8 Å². The summed E-state index contributed by atoms with van der Waals surface area (Å²) in [5, 5.41) is 6.60. The molecule has 1 fully saturated rings. The van der Waals surface area contributed by atoms with E-state index in [1.54, 1.807) is 19.2 Å². The van der Waals surface area contributed by atoms with E-state index < -0.39 is 0 Å². The Morgan fingerprint density at radius 2 is 2.00 bits per heavy atom. The fraction of sp³-hybridized carbons (Fsp3) is 0.611. The number of likely N-dealkylation sites (tertiary alicyclic amines) is 1. The summed E-state index contributed by atoms with van der Waals surface area (Å²) < 4.78 is 12.9. The summed E-state index contributed by atoms with van der Waals surface area (Å²) in [4.78, 5) is 6.81. The van der Waals surface area contributed by atoms with Crippen molar-refractivity contribution in [2.45, 2.75) is 45.2 Å². The van der Waals surface area contributed by atoms with Crippen LogP contribution in [-0.2, 0) is 6.54 Å². The summed E-state index contributed by atoms with van der Waals surface area (Å²) in [6.07, 6.45) is 5.14. The molecule has 2 N–H and O–H groups in total. The van der Waals surface area contributed by atoms with Crippen LogP contribution in [0.25, 0.3) is 0 Å². The number of benzene rings is 1. The normalized spacial score (nSPS) is 18.8. The molecule has 1 aromatic carbocycles. The van der Waals surface area contributed by atoms with E-state index >= 15 is 0 Å². The van der Waals surface area contributed by atoms with Crippen LogP contribution in [0.4, 0.5) is 4.39 Å². The summed E-state index contributed by atoms with van der Waals surface area (Å²) in [6.45, 7) is 6.26. The van der Waals surface area contributed by atoms with Crippen LogP contribution in [0.1, 0.15) is 38.2 Å². The van der Waals surface area contributed by atoms with E-state index in [2.05, 4.69) is 27.4 Å². The third-order valence-corrected chi connectivity index (χ3v) is 4.45. The van der Waals surface area contributed by atoms with Gasteiger partial charge in [0.15, 0.2) is 5.96 Å². The minimum absolute atomic E-state index is 0. The van der Waals surface area contributed by atoms with Crippen LogP contribution >= 0.6 is 24.0 Å². The Hall–Kier alpha value is -0.890. The van der Waals surface area contributed by atoms with Crippen molar-refractivity contribution in [1.82, 2.24) is 15.5 Å². The lowest BCUT2D eigenvalue weighted by atomic mass is 10.0. The van der Waals surface area contributed by atoms with Crippen molar-refractivity contribution < 1.29 is 4.39 Å². The van der Waals surface area contributed by atoms with Gasteiger partial charge in [-0.15, -0.1) is 24.0 Å². The second kappa shape index (κ2) is 11.6. The molecule has 0 saturated carbocycles. The number of rotatable bonds is 6. The Balaban J connectivity index is 0.00000288. The molecular formula is C18H30FIN4. The van der Waals surface area contributed by atoms with Crippen molar-refractivity contribution in [3.05, 3.63) is 35.6 Å². The van der Waals surface area contributed by atoms with Gasteiger partial charge < -0.3 is 15.5 Å². The van der Waals surface area contributed by atoms with E-state index in [0.717, 1.165) is 37.1 Å². The van der Waals surface area contributed by atoms with Crippen LogP contribution in [0, 0.1) is 5.82 Å². The lowest BCUT2D eigenvalue weighted by Gasteiger charge is -2.33. The average molecular weight is 448 g/mol. The lowest BCUT2D eigenvalue weighted by Crippen LogP contribution is -2.41. The first kappa shape index (κ1) is 21.2. The molecule has 6 heteroatoms. The fourth-order valence-electron chi connectivity index (χ4n) is 2.99. The van der Waals surface area contributed by atoms with Gasteiger partial charge in [-0.1, -0.05) is 18.6 Å². The van der Waals surface area contributed by atoms with Crippen molar-refractivity contribution in [2.24, 2.45) is 4.99 Å². The van der Waals surface area contributed by atoms with Gasteiger partial charge in [-0.2, -0.15) is 0 Å². The predicted octanol–water partition coefficient (Wildman–Crippen LogP) is 3.37. The fourth-order valence-corrected chi connectivity index (χ4v) is 2.99. The molecule has 1 atom stereocenters. The maximum atomic E-state index is 12.9. The Kier molecular flexibility index (Phi) is 10.2. The first-order valence-electron chi connectivity index (χ1n) is 8.62. The highest BCUT2D eigenvalue weighted by molar-refractivity contribution is 14.0. The van der Waals surface area contributed by atoms with Crippen LogP contribution in [0.15, 0.2) is 29.3 Å². The first-order valence-corrected chi connectivity index (χ1v) is 8.62. The van der Waals surface area contributed by atoms with Crippen LogP contribution < -0.4 is 10.6 Å². The average Bonchev–Trinajstić information content (AvgIpc) is 2.57. The SMILES string of the molecule is CN=C(NCCCN1CCCCC1C)NCc1ccc(F)cc1.I. The maximum Gasteiger partial charge on any atom is 0.191 e. The minimum atomic E-state index is -0.205. The highest BCUT2D eigenvalue weighted by Crippen LogP contribution is 2.15. The van der Waals surface area contributed by atoms with Crippen LogP contribution in [0.3, 0.4) is 0 Å². The standard InChI is InChI=1S/C18H29FN4.HI/c1-15-6-3-4-12-23(15)13-5-11-21-18(20-2)22-14-16-7-9-17(19)10-8-16;/h7-10,15H,3-6,11-14H2,1-2H3,(H2,20,21,22);1H. The van der Waals surface area contributed by atoms with Gasteiger partial charge in [0.2, 0.25) is 0 Å². The quantitative estimate of drug-likeness (QED) is 0.304. The predicted molar refractivity (Wildman–Crippen MR) is 110 cm³/mol. The van der Waals surface area contributed by atoms with E-state index in [1.165, 1.54) is 37.9 Å². The molecule has 24 heavy (non-hydrogen) atoms. The third kappa shape index (κ3) is 7.34. The number of hydrogen-bond acceptors (Lipinski definition) is 2. The highest BCUT2D eigenvalue weighted by Gasteiger charge is 2.16. The zero-order valence-corrected chi connectivity index (χ0v) is 17.1. The molecule has 1 unspecified atom stereocenters. The van der Waals surface area contributed by atoms with E-state index in [0.29, 0.717) is 6.54 Å². The number of aliphatic imine (C=N–C) groups is 1. The van der Waals surface area contributed by atoms with Gasteiger partial charge in [0.1, 0.15) is 5.82 Å². The van der Waals surface area contributed by atoms with Crippen LogP contribution in [0.5, 0.6) is 0 Å². The number of nitrogens with one attached hydrogen (secondary N) is 2. The summed E-state index contributed by atoms with van der Waals surface area (Å²) >= 11 is 0. The van der Waals surface area contributed by atoms with E-state index in [9.17, 15) is 4.39 Å². The molecule has 0 aliphatic carbocycles. The number of guanidine groups is 1. The highest BCUT2D eigenvalue weighted by atomic mass is 127. The molecule has 1 aliphatic rings. The maximum absolute atomic E-state index is 12.9. The summed E-state index contributed by atoms with van der Waals surface area (Å²) in [5.74, 6) is 0.587. The van der Waals surface area contributed by atoms with Crippen molar-refractivity contribution in [2.75, 3.05) is 26.7 Å². The molecule has 4 nitrogen and oxygen atoms in total. The van der Waals surface area contributed by atoms with E-state index in [4.69, 9.17) is 0 Å². The molecule has 0 aromatic heterocycles. The second-order valence-electron chi connectivity index (χ2n) is 6.21. The Morgan fingerprint density at radius 1 is 1.25 bits per heavy atom. The lowest BCUT2D eigenvalue weighted by molar-refractivity contribution is 0.159. The van der Waals surface area contributed by atoms with Gasteiger partial charge in [0.25, 0.3) is 0 Å². The van der Waals surface area contributed by atoms with Gasteiger partial charge in [0.05, 0.1) is 0 Å². The third-order valence-electron chi connectivity index (χ3n) is 4.45. The molecule has 2 rings (SSSR count). The summed E-state index contributed by atoms with van der Waals surface area (Å²) in [6, 6.07) is 7.25. The second-order valence-corrected chi connectivity index (χ2v) is 6.21. The molecular weight excluding hydrogens is 418 g/mol.